The van der Waals surface area contributed by atoms with Gasteiger partial charge in [-0.3, -0.25) is 4.79 Å². The van der Waals surface area contributed by atoms with Crippen molar-refractivity contribution < 1.29 is 9.21 Å². The molecule has 1 saturated heterocycles. The number of amides is 1. The second kappa shape index (κ2) is 6.46. The Morgan fingerprint density at radius 1 is 1.21 bits per heavy atom. The number of nitrogens with two attached hydrogens (primary N) is 1. The summed E-state index contributed by atoms with van der Waals surface area (Å²) in [6, 6.07) is 12.3. The summed E-state index contributed by atoms with van der Waals surface area (Å²) in [5.74, 6) is 0.406. The molecule has 1 unspecified atom stereocenters. The van der Waals surface area contributed by atoms with Gasteiger partial charge in [-0.15, -0.1) is 12.4 Å². The zero-order valence-corrected chi connectivity index (χ0v) is 14.4. The number of benzene rings is 2. The van der Waals surface area contributed by atoms with E-state index in [4.69, 9.17) is 10.2 Å². The molecule has 0 saturated carbocycles. The lowest BCUT2D eigenvalue weighted by Crippen LogP contribution is -2.45. The maximum Gasteiger partial charge on any atom is 0.289 e. The molecule has 1 atom stereocenters. The van der Waals surface area contributed by atoms with Crippen LogP contribution in [0.5, 0.6) is 0 Å². The third-order valence-corrected chi connectivity index (χ3v) is 4.77. The van der Waals surface area contributed by atoms with Crippen molar-refractivity contribution in [3.63, 3.8) is 0 Å². The second-order valence-electron chi connectivity index (χ2n) is 6.37. The van der Waals surface area contributed by atoms with Gasteiger partial charge in [-0.1, -0.05) is 36.4 Å². The smallest absolute Gasteiger partial charge is 0.289 e. The average molecular weight is 345 g/mol. The number of fused-ring (bicyclic) bond motifs is 3. The van der Waals surface area contributed by atoms with Crippen LogP contribution >= 0.6 is 12.4 Å². The molecular weight excluding hydrogens is 324 g/mol. The quantitative estimate of drug-likeness (QED) is 0.728. The minimum atomic E-state index is -0.0436. The van der Waals surface area contributed by atoms with Gasteiger partial charge in [0, 0.05) is 35.5 Å². The van der Waals surface area contributed by atoms with Crippen molar-refractivity contribution in [2.75, 3.05) is 13.1 Å². The van der Waals surface area contributed by atoms with E-state index in [-0.39, 0.29) is 24.4 Å². The molecule has 4 rings (SSSR count). The van der Waals surface area contributed by atoms with Gasteiger partial charge in [-0.25, -0.2) is 0 Å². The normalized spacial score (nSPS) is 17.9. The summed E-state index contributed by atoms with van der Waals surface area (Å²) in [5, 5.41) is 3.17. The molecule has 1 aliphatic heterocycles. The maximum atomic E-state index is 12.8. The van der Waals surface area contributed by atoms with Gasteiger partial charge < -0.3 is 15.1 Å². The Morgan fingerprint density at radius 3 is 2.79 bits per heavy atom. The van der Waals surface area contributed by atoms with Crippen LogP contribution in [-0.4, -0.2) is 29.9 Å². The molecule has 3 aromatic rings. The molecular formula is C19H21ClN2O2. The van der Waals surface area contributed by atoms with Crippen LogP contribution in [-0.2, 0) is 0 Å². The van der Waals surface area contributed by atoms with Crippen LogP contribution < -0.4 is 5.73 Å². The van der Waals surface area contributed by atoms with E-state index in [1.807, 2.05) is 36.1 Å². The predicted octanol–water partition coefficient (Wildman–Crippen LogP) is 3.88. The molecule has 0 radical (unpaired) electrons. The van der Waals surface area contributed by atoms with Crippen LogP contribution in [0.2, 0.25) is 0 Å². The van der Waals surface area contributed by atoms with E-state index in [9.17, 15) is 4.79 Å². The molecule has 4 nitrogen and oxygen atoms in total. The molecule has 0 spiro atoms. The van der Waals surface area contributed by atoms with Gasteiger partial charge in [0.25, 0.3) is 5.91 Å². The number of piperidine rings is 1. The Morgan fingerprint density at radius 2 is 2.00 bits per heavy atom. The van der Waals surface area contributed by atoms with Gasteiger partial charge in [0.05, 0.1) is 0 Å². The topological polar surface area (TPSA) is 59.5 Å². The van der Waals surface area contributed by atoms with Crippen molar-refractivity contribution in [1.29, 1.82) is 0 Å². The van der Waals surface area contributed by atoms with E-state index >= 15 is 0 Å². The van der Waals surface area contributed by atoms with E-state index in [0.717, 1.165) is 46.7 Å². The molecule has 0 bridgehead atoms. The number of carbonyl (C=O) groups excluding carboxylic acids is 1. The van der Waals surface area contributed by atoms with Crippen LogP contribution in [0.3, 0.4) is 0 Å². The van der Waals surface area contributed by atoms with Crippen LogP contribution in [0.1, 0.15) is 29.0 Å². The molecule has 5 heteroatoms. The number of carbonyl (C=O) groups is 1. The van der Waals surface area contributed by atoms with Crippen LogP contribution in [0.15, 0.2) is 40.8 Å². The van der Waals surface area contributed by atoms with E-state index in [0.29, 0.717) is 12.3 Å². The van der Waals surface area contributed by atoms with Crippen molar-refractivity contribution in [3.05, 3.63) is 47.7 Å². The molecule has 126 valence electrons. The summed E-state index contributed by atoms with van der Waals surface area (Å²) in [6.45, 7) is 3.32. The molecule has 2 heterocycles. The summed E-state index contributed by atoms with van der Waals surface area (Å²) < 4.78 is 6.03. The Bertz CT molecular complexity index is 903. The first-order valence-electron chi connectivity index (χ1n) is 8.11. The van der Waals surface area contributed by atoms with Crippen molar-refractivity contribution >= 4 is 40.1 Å². The number of hydrogen-bond acceptors (Lipinski definition) is 3. The molecule has 24 heavy (non-hydrogen) atoms. The number of nitrogens with zero attached hydrogens (tertiary/aromatic N) is 1. The number of halogens is 1. The number of furan rings is 1. The molecule has 1 amide bonds. The Kier molecular flexibility index (Phi) is 4.52. The third kappa shape index (κ3) is 2.66. The first kappa shape index (κ1) is 16.8. The lowest BCUT2D eigenvalue weighted by Gasteiger charge is -2.30. The largest absolute Gasteiger partial charge is 0.450 e. The average Bonchev–Trinajstić information content (AvgIpc) is 2.91. The van der Waals surface area contributed by atoms with Crippen LogP contribution in [0.4, 0.5) is 0 Å². The highest BCUT2D eigenvalue weighted by Crippen LogP contribution is 2.32. The number of rotatable bonds is 1. The summed E-state index contributed by atoms with van der Waals surface area (Å²) in [4.78, 5) is 14.7. The van der Waals surface area contributed by atoms with Gasteiger partial charge in [-0.05, 0) is 25.2 Å². The number of hydrogen-bond donors (Lipinski definition) is 1. The van der Waals surface area contributed by atoms with Gasteiger partial charge in [-0.2, -0.15) is 0 Å². The lowest BCUT2D eigenvalue weighted by molar-refractivity contribution is 0.0678. The SMILES string of the molecule is Cc1c(C(=O)N2CCCC(N)C2)oc2c1ccc1ccccc12.Cl. The third-order valence-electron chi connectivity index (χ3n) is 4.77. The van der Waals surface area contributed by atoms with Gasteiger partial charge in [0.2, 0.25) is 0 Å². The zero-order valence-electron chi connectivity index (χ0n) is 13.6. The van der Waals surface area contributed by atoms with E-state index in [1.54, 1.807) is 0 Å². The molecule has 1 aromatic heterocycles. The fourth-order valence-electron chi connectivity index (χ4n) is 3.49. The Balaban J connectivity index is 0.00000169. The molecule has 1 aliphatic rings. The van der Waals surface area contributed by atoms with Gasteiger partial charge in [0.15, 0.2) is 5.76 Å². The van der Waals surface area contributed by atoms with Crippen molar-refractivity contribution in [2.45, 2.75) is 25.8 Å². The molecule has 0 aliphatic carbocycles. The monoisotopic (exact) mass is 344 g/mol. The van der Waals surface area contributed by atoms with E-state index in [1.165, 1.54) is 0 Å². The predicted molar refractivity (Wildman–Crippen MR) is 98.8 cm³/mol. The van der Waals surface area contributed by atoms with E-state index in [2.05, 4.69) is 12.1 Å². The van der Waals surface area contributed by atoms with Gasteiger partial charge >= 0.3 is 0 Å². The number of likely N-dealkylation sites (tertiary alicyclic amines) is 1. The second-order valence-corrected chi connectivity index (χ2v) is 6.37. The summed E-state index contributed by atoms with van der Waals surface area (Å²) >= 11 is 0. The van der Waals surface area contributed by atoms with Crippen LogP contribution in [0, 0.1) is 6.92 Å². The fourth-order valence-corrected chi connectivity index (χ4v) is 3.49. The Hall–Kier alpha value is -2.04. The van der Waals surface area contributed by atoms with Crippen molar-refractivity contribution in [3.8, 4) is 0 Å². The van der Waals surface area contributed by atoms with Gasteiger partial charge in [0.1, 0.15) is 5.58 Å². The molecule has 2 aromatic carbocycles. The number of aryl methyl sites for hydroxylation is 1. The summed E-state index contributed by atoms with van der Waals surface area (Å²) in [6.07, 6.45) is 1.93. The standard InChI is InChI=1S/C19H20N2O2.ClH/c1-12-15-9-8-13-5-2-3-7-16(13)18(15)23-17(12)19(22)21-10-4-6-14(20)11-21;/h2-3,5,7-9,14H,4,6,10-11,20H2,1H3;1H. The molecule has 1 fully saturated rings. The fraction of sp³-hybridized carbons (Fsp3) is 0.316. The highest BCUT2D eigenvalue weighted by Gasteiger charge is 2.27. The summed E-state index contributed by atoms with van der Waals surface area (Å²) in [5.41, 5.74) is 7.71. The first-order valence-corrected chi connectivity index (χ1v) is 8.11. The zero-order chi connectivity index (χ0) is 16.0. The first-order chi connectivity index (χ1) is 11.1. The Labute approximate surface area is 147 Å². The minimum Gasteiger partial charge on any atom is -0.450 e. The highest BCUT2D eigenvalue weighted by molar-refractivity contribution is 6.08. The molecule has 2 N–H and O–H groups in total. The summed E-state index contributed by atoms with van der Waals surface area (Å²) in [7, 11) is 0. The van der Waals surface area contributed by atoms with Crippen LogP contribution in [0.25, 0.3) is 21.7 Å². The maximum absolute atomic E-state index is 12.8. The van der Waals surface area contributed by atoms with E-state index < -0.39 is 0 Å². The van der Waals surface area contributed by atoms with Crippen molar-refractivity contribution in [1.82, 2.24) is 4.90 Å². The minimum absolute atomic E-state index is 0. The highest BCUT2D eigenvalue weighted by atomic mass is 35.5. The lowest BCUT2D eigenvalue weighted by atomic mass is 10.0. The van der Waals surface area contributed by atoms with Crippen molar-refractivity contribution in [2.24, 2.45) is 5.73 Å².